The number of rotatable bonds is 5. The first-order chi connectivity index (χ1) is 12.3. The third-order valence-corrected chi connectivity index (χ3v) is 3.65. The van der Waals surface area contributed by atoms with Crippen LogP contribution in [0.2, 0.25) is 0 Å². The summed E-state index contributed by atoms with van der Waals surface area (Å²) in [6, 6.07) is 5.27. The molecule has 0 bridgehead atoms. The van der Waals surface area contributed by atoms with Gasteiger partial charge in [-0.15, -0.1) is 0 Å². The van der Waals surface area contributed by atoms with E-state index in [1.165, 1.54) is 13.0 Å². The maximum absolute atomic E-state index is 14.1. The predicted molar refractivity (Wildman–Crippen MR) is 88.3 cm³/mol. The number of nitriles is 1. The van der Waals surface area contributed by atoms with Gasteiger partial charge in [0.1, 0.15) is 11.6 Å². The first kappa shape index (κ1) is 19.1. The summed E-state index contributed by atoms with van der Waals surface area (Å²) < 4.78 is 39.1. The maximum Gasteiger partial charge on any atom is 0.347 e. The number of halogens is 2. The highest BCUT2D eigenvalue weighted by molar-refractivity contribution is 5.91. The van der Waals surface area contributed by atoms with Crippen molar-refractivity contribution in [3.63, 3.8) is 0 Å². The molecule has 0 aliphatic heterocycles. The molecule has 0 radical (unpaired) electrons. The molecule has 0 saturated carbocycles. The van der Waals surface area contributed by atoms with Crippen LogP contribution in [-0.2, 0) is 6.54 Å². The topological polar surface area (TPSA) is 81.3 Å². The lowest BCUT2D eigenvalue weighted by Crippen LogP contribution is -2.26. The maximum atomic E-state index is 14.1. The summed E-state index contributed by atoms with van der Waals surface area (Å²) in [7, 11) is 0. The molecule has 0 aliphatic rings. The number of hydrogen-bond acceptors (Lipinski definition) is 5. The molecule has 2 rings (SSSR count). The van der Waals surface area contributed by atoms with E-state index in [1.807, 2.05) is 0 Å². The molecule has 0 fully saturated rings. The molecule has 0 atom stereocenters. The fourth-order valence-electron chi connectivity index (χ4n) is 2.37. The molecule has 6 nitrogen and oxygen atoms in total. The number of pyridine rings is 1. The van der Waals surface area contributed by atoms with Crippen molar-refractivity contribution in [2.75, 3.05) is 6.61 Å². The van der Waals surface area contributed by atoms with Crippen molar-refractivity contribution >= 4 is 5.97 Å². The molecule has 136 valence electrons. The molecule has 0 aliphatic carbocycles. The fourth-order valence-corrected chi connectivity index (χ4v) is 2.37. The first-order valence-corrected chi connectivity index (χ1v) is 7.83. The Morgan fingerprint density at radius 1 is 1.27 bits per heavy atom. The first-order valence-electron chi connectivity index (χ1n) is 7.83. The largest absolute Gasteiger partial charge is 0.491 e. The van der Waals surface area contributed by atoms with Gasteiger partial charge in [0.25, 0.3) is 5.56 Å². The standard InChI is InChI=1S/C18H16F2N2O4/c1-4-22-14(8-10(3)12(9-21)17(22)23)26-18(24)11-6-7-13(25-5-2)16(20)15(11)19/h6-8H,4-5H2,1-3H3. The van der Waals surface area contributed by atoms with Crippen LogP contribution in [0.25, 0.3) is 0 Å². The van der Waals surface area contributed by atoms with E-state index >= 15 is 0 Å². The highest BCUT2D eigenvalue weighted by Gasteiger charge is 2.23. The van der Waals surface area contributed by atoms with E-state index < -0.39 is 28.7 Å². The minimum absolute atomic E-state index is 0.0788. The fraction of sp³-hybridized carbons (Fsp3) is 0.278. The molecular formula is C18H16F2N2O4. The van der Waals surface area contributed by atoms with Gasteiger partial charge in [0.2, 0.25) is 11.7 Å². The zero-order chi connectivity index (χ0) is 19.4. The van der Waals surface area contributed by atoms with Crippen LogP contribution < -0.4 is 15.0 Å². The second-order valence-corrected chi connectivity index (χ2v) is 5.26. The third-order valence-electron chi connectivity index (χ3n) is 3.65. The normalized spacial score (nSPS) is 10.3. The molecule has 0 unspecified atom stereocenters. The summed E-state index contributed by atoms with van der Waals surface area (Å²) in [5, 5.41) is 9.03. The van der Waals surface area contributed by atoms with E-state index in [2.05, 4.69) is 0 Å². The molecule has 1 aromatic carbocycles. The van der Waals surface area contributed by atoms with Gasteiger partial charge in [-0.3, -0.25) is 9.36 Å². The monoisotopic (exact) mass is 362 g/mol. The highest BCUT2D eigenvalue weighted by atomic mass is 19.2. The van der Waals surface area contributed by atoms with Crippen LogP contribution in [0.1, 0.15) is 35.3 Å². The van der Waals surface area contributed by atoms with Gasteiger partial charge in [0.15, 0.2) is 11.6 Å². The number of ether oxygens (including phenoxy) is 2. The molecular weight excluding hydrogens is 346 g/mol. The van der Waals surface area contributed by atoms with E-state index in [0.29, 0.717) is 5.56 Å². The average Bonchev–Trinajstić information content (AvgIpc) is 2.59. The van der Waals surface area contributed by atoms with Crippen molar-refractivity contribution in [3.8, 4) is 17.7 Å². The van der Waals surface area contributed by atoms with Crippen LogP contribution in [0.5, 0.6) is 11.6 Å². The van der Waals surface area contributed by atoms with Crippen molar-refractivity contribution in [3.05, 3.63) is 56.9 Å². The summed E-state index contributed by atoms with van der Waals surface area (Å²) in [6.07, 6.45) is 0. The van der Waals surface area contributed by atoms with E-state index in [4.69, 9.17) is 14.7 Å². The SMILES string of the molecule is CCOc1ccc(C(=O)Oc2cc(C)c(C#N)c(=O)n2CC)c(F)c1F. The van der Waals surface area contributed by atoms with E-state index in [0.717, 1.165) is 16.7 Å². The van der Waals surface area contributed by atoms with Gasteiger partial charge in [-0.2, -0.15) is 9.65 Å². The van der Waals surface area contributed by atoms with E-state index in [1.54, 1.807) is 19.9 Å². The number of carbonyl (C=O) groups is 1. The molecule has 0 amide bonds. The minimum Gasteiger partial charge on any atom is -0.491 e. The number of nitrogens with zero attached hydrogens (tertiary/aromatic N) is 2. The molecule has 0 N–H and O–H groups in total. The van der Waals surface area contributed by atoms with Gasteiger partial charge < -0.3 is 9.47 Å². The summed E-state index contributed by atoms with van der Waals surface area (Å²) in [4.78, 5) is 24.5. The lowest BCUT2D eigenvalue weighted by atomic mass is 10.1. The Hall–Kier alpha value is -3.21. The van der Waals surface area contributed by atoms with Crippen LogP contribution in [0.4, 0.5) is 8.78 Å². The number of aryl methyl sites for hydroxylation is 1. The molecule has 26 heavy (non-hydrogen) atoms. The Bertz CT molecular complexity index is 961. The predicted octanol–water partition coefficient (Wildman–Crippen LogP) is 2.94. The van der Waals surface area contributed by atoms with Crippen LogP contribution in [0, 0.1) is 29.9 Å². The molecule has 0 saturated heterocycles. The van der Waals surface area contributed by atoms with Crippen molar-refractivity contribution in [2.24, 2.45) is 0 Å². The van der Waals surface area contributed by atoms with Crippen LogP contribution in [0.3, 0.4) is 0 Å². The van der Waals surface area contributed by atoms with Gasteiger partial charge in [-0.05, 0) is 38.5 Å². The number of benzene rings is 1. The van der Waals surface area contributed by atoms with Crippen molar-refractivity contribution in [1.82, 2.24) is 4.57 Å². The summed E-state index contributed by atoms with van der Waals surface area (Å²) >= 11 is 0. The second kappa shape index (κ2) is 7.78. The van der Waals surface area contributed by atoms with Crippen LogP contribution in [0.15, 0.2) is 23.0 Å². The number of hydrogen-bond donors (Lipinski definition) is 0. The van der Waals surface area contributed by atoms with Crippen LogP contribution in [-0.4, -0.2) is 17.1 Å². The molecule has 1 aromatic heterocycles. The Morgan fingerprint density at radius 3 is 2.54 bits per heavy atom. The molecule has 0 spiro atoms. The van der Waals surface area contributed by atoms with Crippen molar-refractivity contribution < 1.29 is 23.0 Å². The highest BCUT2D eigenvalue weighted by Crippen LogP contribution is 2.24. The minimum atomic E-state index is -1.41. The summed E-state index contributed by atoms with van der Waals surface area (Å²) in [5.41, 5.74) is -1.03. The number of esters is 1. The summed E-state index contributed by atoms with van der Waals surface area (Å²) in [6.45, 7) is 4.99. The summed E-state index contributed by atoms with van der Waals surface area (Å²) in [5.74, 6) is -4.36. The zero-order valence-electron chi connectivity index (χ0n) is 14.4. The Kier molecular flexibility index (Phi) is 5.72. The van der Waals surface area contributed by atoms with Crippen LogP contribution >= 0.6 is 0 Å². The van der Waals surface area contributed by atoms with Crippen molar-refractivity contribution in [2.45, 2.75) is 27.3 Å². The van der Waals surface area contributed by atoms with Gasteiger partial charge in [0.05, 0.1) is 12.2 Å². The number of carbonyl (C=O) groups excluding carboxylic acids is 1. The Balaban J connectivity index is 2.45. The van der Waals surface area contributed by atoms with Crippen molar-refractivity contribution in [1.29, 1.82) is 5.26 Å². The third kappa shape index (κ3) is 3.42. The van der Waals surface area contributed by atoms with Gasteiger partial charge in [-0.25, -0.2) is 9.18 Å². The van der Waals surface area contributed by atoms with E-state index in [9.17, 15) is 18.4 Å². The Morgan fingerprint density at radius 2 is 1.96 bits per heavy atom. The molecule has 8 heteroatoms. The smallest absolute Gasteiger partial charge is 0.347 e. The molecule has 2 aromatic rings. The average molecular weight is 362 g/mol. The Labute approximate surface area is 148 Å². The zero-order valence-corrected chi connectivity index (χ0v) is 14.4. The lowest BCUT2D eigenvalue weighted by molar-refractivity contribution is 0.0712. The van der Waals surface area contributed by atoms with Gasteiger partial charge in [0, 0.05) is 12.6 Å². The quantitative estimate of drug-likeness (QED) is 0.764. The number of aromatic nitrogens is 1. The van der Waals surface area contributed by atoms with E-state index in [-0.39, 0.29) is 30.3 Å². The lowest BCUT2D eigenvalue weighted by Gasteiger charge is -2.13. The van der Waals surface area contributed by atoms with Gasteiger partial charge in [-0.1, -0.05) is 0 Å². The molecule has 1 heterocycles. The van der Waals surface area contributed by atoms with Gasteiger partial charge >= 0.3 is 5.97 Å². The second-order valence-electron chi connectivity index (χ2n) is 5.26.